The van der Waals surface area contributed by atoms with E-state index in [2.05, 4.69) is 0 Å². The average Bonchev–Trinajstić information content (AvgIpc) is 2.01. The van der Waals surface area contributed by atoms with Gasteiger partial charge in [0.15, 0.2) is 0 Å². The van der Waals surface area contributed by atoms with E-state index in [1.807, 2.05) is 13.8 Å². The van der Waals surface area contributed by atoms with Crippen LogP contribution in [0.15, 0.2) is 0 Å². The number of hydrogen-bond acceptors (Lipinski definition) is 3. The topological polar surface area (TPSA) is 49.8 Å². The second-order valence-electron chi connectivity index (χ2n) is 3.21. The van der Waals surface area contributed by atoms with Gasteiger partial charge in [-0.15, -0.1) is 0 Å². The lowest BCUT2D eigenvalue weighted by molar-refractivity contribution is -0.145. The smallest absolute Gasteiger partial charge is 0.248 e. The molecule has 0 aromatic carbocycles. The van der Waals surface area contributed by atoms with Crippen LogP contribution in [0.3, 0.4) is 0 Å². The number of nitrogens with zero attached hydrogens (tertiary/aromatic N) is 1. The van der Waals surface area contributed by atoms with Gasteiger partial charge in [0.1, 0.15) is 6.61 Å². The minimum Gasteiger partial charge on any atom is -0.387 e. The SMILES string of the molecule is C[C@@H]1CN(C(=O)CO)C[C@H](C)O1. The Kier molecular flexibility index (Phi) is 3.05. The van der Waals surface area contributed by atoms with Gasteiger partial charge in [-0.2, -0.15) is 0 Å². The third kappa shape index (κ3) is 2.19. The van der Waals surface area contributed by atoms with Gasteiger partial charge < -0.3 is 14.7 Å². The van der Waals surface area contributed by atoms with Crippen LogP contribution < -0.4 is 0 Å². The number of morpholine rings is 1. The Morgan fingerprint density at radius 1 is 1.50 bits per heavy atom. The molecule has 0 spiro atoms. The van der Waals surface area contributed by atoms with E-state index in [9.17, 15) is 4.79 Å². The van der Waals surface area contributed by atoms with Crippen molar-refractivity contribution in [2.45, 2.75) is 26.1 Å². The van der Waals surface area contributed by atoms with Crippen LogP contribution in [0.4, 0.5) is 0 Å². The Balaban J connectivity index is 2.49. The summed E-state index contributed by atoms with van der Waals surface area (Å²) in [6.07, 6.45) is 0.147. The predicted molar refractivity (Wildman–Crippen MR) is 43.7 cm³/mol. The molecule has 0 aliphatic carbocycles. The van der Waals surface area contributed by atoms with E-state index in [1.165, 1.54) is 0 Å². The third-order valence-electron chi connectivity index (χ3n) is 1.91. The molecule has 4 nitrogen and oxygen atoms in total. The molecule has 70 valence electrons. The number of carbonyl (C=O) groups is 1. The van der Waals surface area contributed by atoms with Crippen LogP contribution in [0.2, 0.25) is 0 Å². The molecule has 12 heavy (non-hydrogen) atoms. The van der Waals surface area contributed by atoms with Gasteiger partial charge in [0.25, 0.3) is 0 Å². The van der Waals surface area contributed by atoms with Gasteiger partial charge >= 0.3 is 0 Å². The summed E-state index contributed by atoms with van der Waals surface area (Å²) in [5.74, 6) is -0.211. The van der Waals surface area contributed by atoms with Crippen molar-refractivity contribution in [3.63, 3.8) is 0 Å². The van der Waals surface area contributed by atoms with E-state index in [-0.39, 0.29) is 18.1 Å². The van der Waals surface area contributed by atoms with Gasteiger partial charge in [-0.1, -0.05) is 0 Å². The third-order valence-corrected chi connectivity index (χ3v) is 1.91. The molecule has 0 saturated carbocycles. The Morgan fingerprint density at radius 3 is 2.42 bits per heavy atom. The molecule has 1 rings (SSSR count). The zero-order chi connectivity index (χ0) is 9.14. The maximum Gasteiger partial charge on any atom is 0.248 e. The molecule has 1 saturated heterocycles. The highest BCUT2D eigenvalue weighted by atomic mass is 16.5. The van der Waals surface area contributed by atoms with Crippen LogP contribution >= 0.6 is 0 Å². The molecule has 1 aliphatic heterocycles. The minimum atomic E-state index is -0.403. The lowest BCUT2D eigenvalue weighted by Gasteiger charge is -2.34. The van der Waals surface area contributed by atoms with Gasteiger partial charge in [0.2, 0.25) is 5.91 Å². The highest BCUT2D eigenvalue weighted by Crippen LogP contribution is 2.10. The molecule has 0 bridgehead atoms. The van der Waals surface area contributed by atoms with Crippen molar-refractivity contribution in [3.05, 3.63) is 0 Å². The summed E-state index contributed by atoms with van der Waals surface area (Å²) in [5.41, 5.74) is 0. The van der Waals surface area contributed by atoms with Crippen LogP contribution in [-0.4, -0.2) is 47.8 Å². The Labute approximate surface area is 72.1 Å². The fourth-order valence-corrected chi connectivity index (χ4v) is 1.48. The second-order valence-corrected chi connectivity index (χ2v) is 3.21. The molecule has 0 unspecified atom stereocenters. The van der Waals surface area contributed by atoms with E-state index in [0.29, 0.717) is 13.1 Å². The van der Waals surface area contributed by atoms with Gasteiger partial charge in [-0.3, -0.25) is 4.79 Å². The minimum absolute atomic E-state index is 0.0734. The summed E-state index contributed by atoms with van der Waals surface area (Å²) < 4.78 is 5.44. The van der Waals surface area contributed by atoms with Gasteiger partial charge in [0, 0.05) is 13.1 Å². The molecular formula is C8H15NO3. The van der Waals surface area contributed by atoms with Crippen LogP contribution in [0.25, 0.3) is 0 Å². The molecule has 0 aromatic heterocycles. The first-order chi connectivity index (χ1) is 5.63. The van der Waals surface area contributed by atoms with Crippen molar-refractivity contribution in [2.75, 3.05) is 19.7 Å². The molecule has 1 fully saturated rings. The molecular weight excluding hydrogens is 158 g/mol. The standard InChI is InChI=1S/C8H15NO3/c1-6-3-9(8(11)5-10)4-7(2)12-6/h6-7,10H,3-5H2,1-2H3/t6-,7+. The molecule has 0 radical (unpaired) electrons. The van der Waals surface area contributed by atoms with Crippen LogP contribution in [0.1, 0.15) is 13.8 Å². The second kappa shape index (κ2) is 3.87. The monoisotopic (exact) mass is 173 g/mol. The maximum absolute atomic E-state index is 11.1. The summed E-state index contributed by atoms with van der Waals surface area (Å²) in [5, 5.41) is 8.63. The normalized spacial score (nSPS) is 30.4. The highest BCUT2D eigenvalue weighted by Gasteiger charge is 2.24. The predicted octanol–water partition coefficient (Wildman–Crippen LogP) is -0.385. The van der Waals surface area contributed by atoms with Crippen LogP contribution in [0, 0.1) is 0 Å². The molecule has 1 heterocycles. The summed E-state index contributed by atoms with van der Waals surface area (Å²) in [6, 6.07) is 0. The van der Waals surface area contributed by atoms with Crippen LogP contribution in [0.5, 0.6) is 0 Å². The number of aliphatic hydroxyl groups excluding tert-OH is 1. The first-order valence-electron chi connectivity index (χ1n) is 4.17. The Bertz CT molecular complexity index is 162. The Morgan fingerprint density at radius 2 is 2.00 bits per heavy atom. The van der Waals surface area contributed by atoms with E-state index in [0.717, 1.165) is 0 Å². The summed E-state index contributed by atoms with van der Waals surface area (Å²) in [4.78, 5) is 12.7. The number of amides is 1. The highest BCUT2D eigenvalue weighted by molar-refractivity contribution is 5.77. The number of aliphatic hydroxyl groups is 1. The van der Waals surface area contributed by atoms with Gasteiger partial charge in [-0.05, 0) is 13.8 Å². The van der Waals surface area contributed by atoms with E-state index >= 15 is 0 Å². The van der Waals surface area contributed by atoms with E-state index in [1.54, 1.807) is 4.90 Å². The van der Waals surface area contributed by atoms with Crippen molar-refractivity contribution >= 4 is 5.91 Å². The first-order valence-corrected chi connectivity index (χ1v) is 4.17. The van der Waals surface area contributed by atoms with Crippen molar-refractivity contribution < 1.29 is 14.6 Å². The fourth-order valence-electron chi connectivity index (χ4n) is 1.48. The van der Waals surface area contributed by atoms with Crippen molar-refractivity contribution in [3.8, 4) is 0 Å². The van der Waals surface area contributed by atoms with E-state index < -0.39 is 6.61 Å². The summed E-state index contributed by atoms with van der Waals surface area (Å²) >= 11 is 0. The molecule has 0 aromatic rings. The number of hydrogen-bond donors (Lipinski definition) is 1. The van der Waals surface area contributed by atoms with Crippen molar-refractivity contribution in [1.29, 1.82) is 0 Å². The maximum atomic E-state index is 11.1. The zero-order valence-corrected chi connectivity index (χ0v) is 7.49. The lowest BCUT2D eigenvalue weighted by Crippen LogP contribution is -2.49. The zero-order valence-electron chi connectivity index (χ0n) is 7.49. The molecule has 1 aliphatic rings. The fraction of sp³-hybridized carbons (Fsp3) is 0.875. The quantitative estimate of drug-likeness (QED) is 0.587. The Hall–Kier alpha value is -0.610. The number of rotatable bonds is 1. The van der Waals surface area contributed by atoms with E-state index in [4.69, 9.17) is 9.84 Å². The molecule has 4 heteroatoms. The number of ether oxygens (including phenoxy) is 1. The van der Waals surface area contributed by atoms with Crippen LogP contribution in [-0.2, 0) is 9.53 Å². The lowest BCUT2D eigenvalue weighted by atomic mass is 10.2. The van der Waals surface area contributed by atoms with Crippen molar-refractivity contribution in [1.82, 2.24) is 4.90 Å². The average molecular weight is 173 g/mol. The largest absolute Gasteiger partial charge is 0.387 e. The molecule has 1 N–H and O–H groups in total. The van der Waals surface area contributed by atoms with Crippen molar-refractivity contribution in [2.24, 2.45) is 0 Å². The molecule has 1 amide bonds. The van der Waals surface area contributed by atoms with Gasteiger partial charge in [0.05, 0.1) is 12.2 Å². The summed E-state index contributed by atoms with van der Waals surface area (Å²) in [7, 11) is 0. The summed E-state index contributed by atoms with van der Waals surface area (Å²) in [6.45, 7) is 4.62. The van der Waals surface area contributed by atoms with Gasteiger partial charge in [-0.25, -0.2) is 0 Å². The molecule has 2 atom stereocenters. The first kappa shape index (κ1) is 9.48. The number of carbonyl (C=O) groups excluding carboxylic acids is 1.